The second-order valence-corrected chi connectivity index (χ2v) is 9.59. The van der Waals surface area contributed by atoms with Crippen LogP contribution in [-0.4, -0.2) is 63.1 Å². The molecule has 2 fully saturated rings. The fourth-order valence-corrected chi connectivity index (χ4v) is 5.68. The van der Waals surface area contributed by atoms with E-state index in [4.69, 9.17) is 16.3 Å². The van der Waals surface area contributed by atoms with Gasteiger partial charge in [0, 0.05) is 39.3 Å². The monoisotopic (exact) mass is 440 g/mol. The summed E-state index contributed by atoms with van der Waals surface area (Å²) in [6.45, 7) is 2.42. The lowest BCUT2D eigenvalue weighted by Crippen LogP contribution is -2.49. The Bertz CT molecular complexity index is 788. The molecular formula is C18H24ClF3N2O3S. The molecular weight excluding hydrogens is 417 g/mol. The van der Waals surface area contributed by atoms with Crippen LogP contribution in [0.2, 0.25) is 5.02 Å². The van der Waals surface area contributed by atoms with Gasteiger partial charge in [-0.1, -0.05) is 11.6 Å². The van der Waals surface area contributed by atoms with Gasteiger partial charge in [0.15, 0.2) is 0 Å². The SMILES string of the molecule is COC1CCN(C2CCN(S(=O)(=O)c3ccc(Cl)c(C(F)(F)F)c3)CC2)CC1. The molecule has 1 aromatic rings. The van der Waals surface area contributed by atoms with E-state index in [1.54, 1.807) is 7.11 Å². The number of halogens is 4. The molecule has 3 rings (SSSR count). The maximum absolute atomic E-state index is 13.1. The molecule has 0 bridgehead atoms. The van der Waals surface area contributed by atoms with Gasteiger partial charge in [0.05, 0.1) is 21.6 Å². The minimum absolute atomic E-state index is 0.282. The molecule has 0 amide bonds. The van der Waals surface area contributed by atoms with E-state index in [9.17, 15) is 21.6 Å². The summed E-state index contributed by atoms with van der Waals surface area (Å²) in [5.41, 5.74) is -1.13. The molecule has 0 spiro atoms. The van der Waals surface area contributed by atoms with Crippen molar-refractivity contribution >= 4 is 21.6 Å². The van der Waals surface area contributed by atoms with Crippen LogP contribution in [0.25, 0.3) is 0 Å². The number of hydrogen-bond acceptors (Lipinski definition) is 4. The van der Waals surface area contributed by atoms with Gasteiger partial charge in [0.1, 0.15) is 0 Å². The van der Waals surface area contributed by atoms with E-state index in [0.717, 1.165) is 38.1 Å². The summed E-state index contributed by atoms with van der Waals surface area (Å²) in [6.07, 6.45) is -1.18. The maximum Gasteiger partial charge on any atom is 0.417 e. The minimum Gasteiger partial charge on any atom is -0.381 e. The van der Waals surface area contributed by atoms with E-state index in [1.807, 2.05) is 0 Å². The highest BCUT2D eigenvalue weighted by Gasteiger charge is 2.37. The van der Waals surface area contributed by atoms with E-state index < -0.39 is 26.8 Å². The molecule has 10 heteroatoms. The number of benzene rings is 1. The second kappa shape index (κ2) is 8.47. The molecule has 0 aliphatic carbocycles. The first-order chi connectivity index (χ1) is 13.1. The Labute approximate surface area is 168 Å². The Morgan fingerprint density at radius 3 is 2.21 bits per heavy atom. The van der Waals surface area contributed by atoms with E-state index in [1.165, 1.54) is 4.31 Å². The van der Waals surface area contributed by atoms with Crippen molar-refractivity contribution in [1.29, 1.82) is 0 Å². The minimum atomic E-state index is -4.70. The molecule has 2 saturated heterocycles. The number of methoxy groups -OCH3 is 1. The molecule has 2 heterocycles. The smallest absolute Gasteiger partial charge is 0.381 e. The molecule has 0 unspecified atom stereocenters. The van der Waals surface area contributed by atoms with E-state index in [2.05, 4.69) is 4.90 Å². The normalized spacial score (nSPS) is 21.9. The number of alkyl halides is 3. The third-order valence-corrected chi connectivity index (χ3v) is 7.85. The van der Waals surface area contributed by atoms with Crippen LogP contribution in [0.4, 0.5) is 13.2 Å². The topological polar surface area (TPSA) is 49.9 Å². The Hall–Kier alpha value is -0.870. The van der Waals surface area contributed by atoms with Crippen LogP contribution in [0, 0.1) is 0 Å². The Morgan fingerprint density at radius 1 is 1.07 bits per heavy atom. The highest BCUT2D eigenvalue weighted by atomic mass is 35.5. The van der Waals surface area contributed by atoms with Crippen LogP contribution in [0.3, 0.4) is 0 Å². The molecule has 2 aliphatic rings. The van der Waals surface area contributed by atoms with Crippen molar-refractivity contribution in [2.45, 2.75) is 48.9 Å². The lowest BCUT2D eigenvalue weighted by Gasteiger charge is -2.41. The number of hydrogen-bond donors (Lipinski definition) is 0. The van der Waals surface area contributed by atoms with Crippen LogP contribution >= 0.6 is 11.6 Å². The van der Waals surface area contributed by atoms with Gasteiger partial charge in [-0.2, -0.15) is 17.5 Å². The van der Waals surface area contributed by atoms with E-state index in [0.29, 0.717) is 38.0 Å². The maximum atomic E-state index is 13.1. The second-order valence-electron chi connectivity index (χ2n) is 7.25. The van der Waals surface area contributed by atoms with Crippen LogP contribution in [0.5, 0.6) is 0 Å². The predicted molar refractivity (Wildman–Crippen MR) is 99.8 cm³/mol. The van der Waals surface area contributed by atoms with Crippen molar-refractivity contribution < 1.29 is 26.3 Å². The highest BCUT2D eigenvalue weighted by Crippen LogP contribution is 2.36. The van der Waals surface area contributed by atoms with Gasteiger partial charge in [0.2, 0.25) is 10.0 Å². The molecule has 1 aromatic carbocycles. The lowest BCUT2D eigenvalue weighted by molar-refractivity contribution is -0.137. The first-order valence-corrected chi connectivity index (χ1v) is 11.1. The molecule has 158 valence electrons. The van der Waals surface area contributed by atoms with Gasteiger partial charge >= 0.3 is 6.18 Å². The van der Waals surface area contributed by atoms with Crippen LogP contribution < -0.4 is 0 Å². The summed E-state index contributed by atoms with van der Waals surface area (Å²) < 4.78 is 71.5. The van der Waals surface area contributed by atoms with Crippen molar-refractivity contribution in [3.63, 3.8) is 0 Å². The number of rotatable bonds is 4. The Balaban J connectivity index is 1.67. The Kier molecular flexibility index (Phi) is 6.61. The number of sulfonamides is 1. The van der Waals surface area contributed by atoms with Gasteiger partial charge < -0.3 is 9.64 Å². The summed E-state index contributed by atoms with van der Waals surface area (Å²) in [6, 6.07) is 3.04. The molecule has 2 aliphatic heterocycles. The highest BCUT2D eigenvalue weighted by molar-refractivity contribution is 7.89. The first-order valence-electron chi connectivity index (χ1n) is 9.26. The quantitative estimate of drug-likeness (QED) is 0.717. The summed E-state index contributed by atoms with van der Waals surface area (Å²) in [5.74, 6) is 0. The molecule has 0 saturated carbocycles. The van der Waals surface area contributed by atoms with Crippen molar-refractivity contribution in [2.24, 2.45) is 0 Å². The largest absolute Gasteiger partial charge is 0.417 e. The molecule has 0 radical (unpaired) electrons. The van der Waals surface area contributed by atoms with Crippen molar-refractivity contribution in [2.75, 3.05) is 33.3 Å². The summed E-state index contributed by atoms with van der Waals surface area (Å²) in [5, 5.41) is -0.510. The van der Waals surface area contributed by atoms with Crippen LogP contribution in [0.1, 0.15) is 31.2 Å². The van der Waals surface area contributed by atoms with Gasteiger partial charge in [-0.05, 0) is 43.9 Å². The van der Waals surface area contributed by atoms with Gasteiger partial charge in [-0.3, -0.25) is 0 Å². The summed E-state index contributed by atoms with van der Waals surface area (Å²) >= 11 is 5.60. The molecule has 28 heavy (non-hydrogen) atoms. The number of nitrogens with zero attached hydrogens (tertiary/aromatic N) is 2. The molecule has 0 atom stereocenters. The molecule has 5 nitrogen and oxygen atoms in total. The number of ether oxygens (including phenoxy) is 1. The van der Waals surface area contributed by atoms with E-state index in [-0.39, 0.29) is 11.0 Å². The third-order valence-electron chi connectivity index (χ3n) is 5.63. The summed E-state index contributed by atoms with van der Waals surface area (Å²) in [4.78, 5) is 1.99. The van der Waals surface area contributed by atoms with Crippen molar-refractivity contribution in [3.05, 3.63) is 28.8 Å². The zero-order valence-corrected chi connectivity index (χ0v) is 17.2. The van der Waals surface area contributed by atoms with Gasteiger partial charge in [-0.25, -0.2) is 8.42 Å². The van der Waals surface area contributed by atoms with E-state index >= 15 is 0 Å². The number of piperidine rings is 2. The molecule has 0 aromatic heterocycles. The summed E-state index contributed by atoms with van der Waals surface area (Å²) in [7, 11) is -2.28. The van der Waals surface area contributed by atoms with Crippen LogP contribution in [0.15, 0.2) is 23.1 Å². The van der Waals surface area contributed by atoms with Crippen LogP contribution in [-0.2, 0) is 20.9 Å². The zero-order chi connectivity index (χ0) is 20.5. The first kappa shape index (κ1) is 21.8. The molecule has 0 N–H and O–H groups in total. The lowest BCUT2D eigenvalue weighted by atomic mass is 10.00. The number of likely N-dealkylation sites (tertiary alicyclic amines) is 1. The fraction of sp³-hybridized carbons (Fsp3) is 0.667. The fourth-order valence-electron chi connectivity index (χ4n) is 3.96. The average molecular weight is 441 g/mol. The third kappa shape index (κ3) is 4.64. The van der Waals surface area contributed by atoms with Crippen molar-refractivity contribution in [3.8, 4) is 0 Å². The zero-order valence-electron chi connectivity index (χ0n) is 15.6. The Morgan fingerprint density at radius 2 is 1.68 bits per heavy atom. The standard InChI is InChI=1S/C18H24ClF3N2O3S/c1-27-14-6-8-23(9-7-14)13-4-10-24(11-5-13)28(25,26)15-2-3-17(19)16(12-15)18(20,21)22/h2-3,12-14H,4-11H2,1H3. The predicted octanol–water partition coefficient (Wildman–Crippen LogP) is 3.62. The van der Waals surface area contributed by atoms with Crippen molar-refractivity contribution in [1.82, 2.24) is 9.21 Å². The van der Waals surface area contributed by atoms with Gasteiger partial charge in [-0.15, -0.1) is 0 Å². The average Bonchev–Trinajstić information content (AvgIpc) is 2.67. The van der Waals surface area contributed by atoms with Gasteiger partial charge in [0.25, 0.3) is 0 Å².